The Morgan fingerprint density at radius 2 is 2.20 bits per heavy atom. The normalized spacial score (nSPS) is 17.1. The van der Waals surface area contributed by atoms with E-state index < -0.39 is 6.10 Å². The number of hydrogen-bond acceptors (Lipinski definition) is 5. The van der Waals surface area contributed by atoms with Crippen molar-refractivity contribution in [1.29, 1.82) is 0 Å². The molecule has 0 fully saturated rings. The molecule has 0 radical (unpaired) electrons. The van der Waals surface area contributed by atoms with Crippen molar-refractivity contribution >= 4 is 29.9 Å². The number of aliphatic hydroxyl groups is 1. The number of aliphatic hydroxyl groups excluding tert-OH is 1. The van der Waals surface area contributed by atoms with Gasteiger partial charge in [0.25, 0.3) is 0 Å². The van der Waals surface area contributed by atoms with E-state index >= 15 is 0 Å². The van der Waals surface area contributed by atoms with Gasteiger partial charge in [0.2, 0.25) is 0 Å². The van der Waals surface area contributed by atoms with Crippen LogP contribution in [0.5, 0.6) is 5.75 Å². The summed E-state index contributed by atoms with van der Waals surface area (Å²) in [7, 11) is 1.62. The Balaban J connectivity index is 0.00000320. The quantitative estimate of drug-likeness (QED) is 0.291. The van der Waals surface area contributed by atoms with E-state index in [0.29, 0.717) is 11.9 Å². The third-order valence-electron chi connectivity index (χ3n) is 4.98. The first-order valence-electron chi connectivity index (χ1n) is 10.3. The van der Waals surface area contributed by atoms with Crippen molar-refractivity contribution in [2.45, 2.75) is 58.2 Å². The van der Waals surface area contributed by atoms with Gasteiger partial charge in [-0.3, -0.25) is 4.99 Å². The minimum absolute atomic E-state index is 0. The third kappa shape index (κ3) is 6.31. The molecule has 8 nitrogen and oxygen atoms in total. The van der Waals surface area contributed by atoms with Crippen molar-refractivity contribution in [2.24, 2.45) is 4.99 Å². The maximum Gasteiger partial charge on any atom is 0.191 e. The first-order valence-corrected chi connectivity index (χ1v) is 10.3. The van der Waals surface area contributed by atoms with Crippen LogP contribution in [0.2, 0.25) is 0 Å². The van der Waals surface area contributed by atoms with Crippen LogP contribution in [0, 0.1) is 0 Å². The molecule has 0 saturated heterocycles. The molecular weight excluding hydrogens is 495 g/mol. The Bertz CT molecular complexity index is 839. The Labute approximate surface area is 195 Å². The van der Waals surface area contributed by atoms with Gasteiger partial charge in [0.05, 0.1) is 26.3 Å². The molecule has 0 spiro atoms. The zero-order valence-corrected chi connectivity index (χ0v) is 20.5. The third-order valence-corrected chi connectivity index (χ3v) is 4.98. The smallest absolute Gasteiger partial charge is 0.191 e. The monoisotopic (exact) mass is 528 g/mol. The van der Waals surface area contributed by atoms with Crippen molar-refractivity contribution in [3.63, 3.8) is 0 Å². The number of aromatic nitrogens is 3. The number of aryl methyl sites for hydroxylation is 1. The highest BCUT2D eigenvalue weighted by Gasteiger charge is 2.23. The second kappa shape index (κ2) is 11.5. The molecule has 2 aromatic rings. The van der Waals surface area contributed by atoms with E-state index in [-0.39, 0.29) is 36.6 Å². The van der Waals surface area contributed by atoms with Crippen LogP contribution < -0.4 is 15.4 Å². The average molecular weight is 528 g/mol. The number of halogens is 1. The maximum atomic E-state index is 10.5. The van der Waals surface area contributed by atoms with Crippen LogP contribution in [0.4, 0.5) is 0 Å². The fourth-order valence-corrected chi connectivity index (χ4v) is 3.34. The Morgan fingerprint density at radius 3 is 2.90 bits per heavy atom. The van der Waals surface area contributed by atoms with Gasteiger partial charge in [-0.05, 0) is 31.0 Å². The van der Waals surface area contributed by atoms with Gasteiger partial charge in [0.15, 0.2) is 11.8 Å². The molecule has 3 N–H and O–H groups in total. The van der Waals surface area contributed by atoms with E-state index in [2.05, 4.69) is 39.6 Å². The summed E-state index contributed by atoms with van der Waals surface area (Å²) in [6.07, 6.45) is 1.17. The predicted octanol–water partition coefficient (Wildman–Crippen LogP) is 2.63. The molecule has 1 aliphatic rings. The molecule has 30 heavy (non-hydrogen) atoms. The highest BCUT2D eigenvalue weighted by Crippen LogP contribution is 2.20. The summed E-state index contributed by atoms with van der Waals surface area (Å²) in [6, 6.07) is 7.66. The Kier molecular flexibility index (Phi) is 9.35. The molecule has 0 bridgehead atoms. The first-order chi connectivity index (χ1) is 14.0. The van der Waals surface area contributed by atoms with Crippen molar-refractivity contribution in [2.75, 3.05) is 20.2 Å². The lowest BCUT2D eigenvalue weighted by atomic mass is 10.1. The summed E-state index contributed by atoms with van der Waals surface area (Å²) >= 11 is 0. The lowest BCUT2D eigenvalue weighted by Crippen LogP contribution is -2.47. The Hall–Kier alpha value is -1.88. The van der Waals surface area contributed by atoms with E-state index in [1.54, 1.807) is 7.11 Å². The van der Waals surface area contributed by atoms with Gasteiger partial charge in [0.1, 0.15) is 11.6 Å². The molecule has 9 heteroatoms. The number of hydrogen-bond donors (Lipinski definition) is 3. The zero-order chi connectivity index (χ0) is 20.8. The molecule has 0 saturated carbocycles. The fraction of sp³-hybridized carbons (Fsp3) is 0.571. The van der Waals surface area contributed by atoms with Gasteiger partial charge in [-0.2, -0.15) is 5.10 Å². The molecular formula is C21H33IN6O2. The summed E-state index contributed by atoms with van der Waals surface area (Å²) in [5.74, 6) is 3.72. The minimum atomic E-state index is -0.692. The van der Waals surface area contributed by atoms with Crippen molar-refractivity contribution in [3.05, 3.63) is 41.5 Å². The molecule has 2 atom stereocenters. The fourth-order valence-electron chi connectivity index (χ4n) is 3.34. The van der Waals surface area contributed by atoms with Crippen LogP contribution in [-0.4, -0.2) is 52.1 Å². The van der Waals surface area contributed by atoms with Crippen molar-refractivity contribution in [1.82, 2.24) is 25.4 Å². The molecule has 2 heterocycles. The number of fused-ring (bicyclic) bond motifs is 1. The number of rotatable bonds is 7. The van der Waals surface area contributed by atoms with E-state index in [1.807, 2.05) is 35.9 Å². The SMILES string of the molecule is CCNC(=NCC(O)c1cccc(OC)c1)NC1CCc2nc(C(C)C)nn2C1.I. The van der Waals surface area contributed by atoms with Crippen LogP contribution >= 0.6 is 24.0 Å². The molecule has 1 aromatic heterocycles. The topological polar surface area (TPSA) is 96.6 Å². The van der Waals surface area contributed by atoms with Crippen molar-refractivity contribution in [3.8, 4) is 5.75 Å². The first kappa shape index (κ1) is 24.4. The number of nitrogens with one attached hydrogen (secondary N) is 2. The van der Waals surface area contributed by atoms with Gasteiger partial charge in [0, 0.05) is 24.9 Å². The molecule has 1 aromatic carbocycles. The van der Waals surface area contributed by atoms with Crippen LogP contribution in [0.25, 0.3) is 0 Å². The number of methoxy groups -OCH3 is 1. The zero-order valence-electron chi connectivity index (χ0n) is 18.1. The molecule has 3 rings (SSSR count). The summed E-state index contributed by atoms with van der Waals surface area (Å²) in [5.41, 5.74) is 0.787. The molecule has 0 amide bonds. The highest BCUT2D eigenvalue weighted by molar-refractivity contribution is 14.0. The summed E-state index contributed by atoms with van der Waals surface area (Å²) in [5, 5.41) is 21.9. The van der Waals surface area contributed by atoms with Gasteiger partial charge in [-0.1, -0.05) is 26.0 Å². The molecule has 0 aliphatic carbocycles. The van der Waals surface area contributed by atoms with Crippen LogP contribution in [0.15, 0.2) is 29.3 Å². The van der Waals surface area contributed by atoms with Gasteiger partial charge in [-0.15, -0.1) is 24.0 Å². The van der Waals surface area contributed by atoms with Gasteiger partial charge in [-0.25, -0.2) is 9.67 Å². The largest absolute Gasteiger partial charge is 0.497 e. The van der Waals surface area contributed by atoms with Crippen LogP contribution in [-0.2, 0) is 13.0 Å². The number of guanidine groups is 1. The molecule has 1 aliphatic heterocycles. The van der Waals surface area contributed by atoms with Gasteiger partial charge >= 0.3 is 0 Å². The second-order valence-corrected chi connectivity index (χ2v) is 7.62. The van der Waals surface area contributed by atoms with Crippen LogP contribution in [0.3, 0.4) is 0 Å². The van der Waals surface area contributed by atoms with Crippen LogP contribution in [0.1, 0.15) is 56.4 Å². The van der Waals surface area contributed by atoms with Crippen molar-refractivity contribution < 1.29 is 9.84 Å². The van der Waals surface area contributed by atoms with E-state index in [0.717, 1.165) is 48.9 Å². The number of ether oxygens (including phenoxy) is 1. The minimum Gasteiger partial charge on any atom is -0.497 e. The highest BCUT2D eigenvalue weighted by atomic mass is 127. The maximum absolute atomic E-state index is 10.5. The molecule has 2 unspecified atom stereocenters. The lowest BCUT2D eigenvalue weighted by Gasteiger charge is -2.25. The predicted molar refractivity (Wildman–Crippen MR) is 129 cm³/mol. The second-order valence-electron chi connectivity index (χ2n) is 7.62. The Morgan fingerprint density at radius 1 is 1.40 bits per heavy atom. The number of nitrogens with zero attached hydrogens (tertiary/aromatic N) is 4. The summed E-state index contributed by atoms with van der Waals surface area (Å²) < 4.78 is 7.23. The standard InChI is InChI=1S/C21H32N6O2.HI/c1-5-22-21(23-12-18(28)15-7-6-8-17(11-15)29-4)24-16-9-10-19-25-20(14(2)3)26-27(19)13-16;/h6-8,11,14,16,18,28H,5,9-10,12-13H2,1-4H3,(H2,22,23,24);1H. The van der Waals surface area contributed by atoms with E-state index in [4.69, 9.17) is 4.74 Å². The number of aliphatic imine (C=N–C) groups is 1. The summed E-state index contributed by atoms with van der Waals surface area (Å²) in [6.45, 7) is 8.03. The van der Waals surface area contributed by atoms with E-state index in [9.17, 15) is 5.11 Å². The van der Waals surface area contributed by atoms with Gasteiger partial charge < -0.3 is 20.5 Å². The summed E-state index contributed by atoms with van der Waals surface area (Å²) in [4.78, 5) is 9.23. The lowest BCUT2D eigenvalue weighted by molar-refractivity contribution is 0.186. The molecule has 166 valence electrons. The average Bonchev–Trinajstić information content (AvgIpc) is 3.16. The van der Waals surface area contributed by atoms with E-state index in [1.165, 1.54) is 0 Å². The number of benzene rings is 1.